The van der Waals surface area contributed by atoms with Crippen LogP contribution in [0.5, 0.6) is 11.5 Å². The average molecular weight is 585 g/mol. The number of carbonyl (C=O) groups is 3. The Morgan fingerprint density at radius 2 is 1.84 bits per heavy atom. The molecule has 0 unspecified atom stereocenters. The molecule has 2 fully saturated rings. The number of benzene rings is 3. The number of aromatic amines is 1. The summed E-state index contributed by atoms with van der Waals surface area (Å²) < 4.78 is 41.2. The molecule has 2 aliphatic heterocycles. The number of carbonyl (C=O) groups excluding carboxylic acids is 3. The molecule has 43 heavy (non-hydrogen) atoms. The first-order valence-electron chi connectivity index (χ1n) is 13.1. The molecular weight excluding hydrogens is 562 g/mol. The molecule has 4 N–H and O–H groups in total. The number of fused-ring (bicyclic) bond motifs is 1. The summed E-state index contributed by atoms with van der Waals surface area (Å²) in [6, 6.07) is 14.2. The van der Waals surface area contributed by atoms with Gasteiger partial charge < -0.3 is 25.5 Å². The summed E-state index contributed by atoms with van der Waals surface area (Å²) in [7, 11) is 0. The molecule has 0 saturated carbocycles. The van der Waals surface area contributed by atoms with Gasteiger partial charge in [0.05, 0.1) is 42.0 Å². The Labute approximate surface area is 241 Å². The van der Waals surface area contributed by atoms with Gasteiger partial charge in [-0.1, -0.05) is 12.1 Å². The van der Waals surface area contributed by atoms with Crippen molar-refractivity contribution in [1.29, 1.82) is 0 Å². The first-order valence-corrected chi connectivity index (χ1v) is 13.1. The maximum atomic E-state index is 15.1. The molecule has 0 bridgehead atoms. The molecule has 216 valence electrons. The Morgan fingerprint density at radius 3 is 2.53 bits per heavy atom. The number of rotatable bonds is 6. The fourth-order valence-corrected chi connectivity index (χ4v) is 5.23. The van der Waals surface area contributed by atoms with Gasteiger partial charge in [0.15, 0.2) is 17.1 Å². The van der Waals surface area contributed by atoms with Gasteiger partial charge in [-0.15, -0.1) is 0 Å². The van der Waals surface area contributed by atoms with E-state index in [0.717, 1.165) is 11.0 Å². The second-order valence-corrected chi connectivity index (χ2v) is 10.4. The second-order valence-electron chi connectivity index (χ2n) is 10.4. The maximum Gasteiger partial charge on any atom is 0.329 e. The summed E-state index contributed by atoms with van der Waals surface area (Å²) >= 11 is 0. The van der Waals surface area contributed by atoms with Crippen molar-refractivity contribution in [2.45, 2.75) is 12.5 Å². The molecule has 0 atom stereocenters. The number of imide groups is 1. The number of aryl methyl sites for hydroxylation is 1. The minimum absolute atomic E-state index is 0.0132. The smallest absolute Gasteiger partial charge is 0.329 e. The van der Waals surface area contributed by atoms with Crippen LogP contribution in [-0.2, 0) is 9.53 Å². The van der Waals surface area contributed by atoms with Crippen molar-refractivity contribution < 1.29 is 32.6 Å². The first kappa shape index (κ1) is 26.3. The van der Waals surface area contributed by atoms with E-state index in [9.17, 15) is 18.8 Å². The normalized spacial score (nSPS) is 15.7. The summed E-state index contributed by atoms with van der Waals surface area (Å²) in [4.78, 5) is 42.6. The van der Waals surface area contributed by atoms with Gasteiger partial charge in [0, 0.05) is 10.9 Å². The third-order valence-electron chi connectivity index (χ3n) is 7.54. The van der Waals surface area contributed by atoms with Gasteiger partial charge in [0.25, 0.3) is 5.91 Å². The topological polar surface area (TPSA) is 145 Å². The molecule has 0 radical (unpaired) electrons. The number of halogens is 2. The van der Waals surface area contributed by atoms with Crippen LogP contribution in [0.3, 0.4) is 0 Å². The number of amides is 3. The van der Waals surface area contributed by atoms with Crippen LogP contribution in [0, 0.1) is 18.6 Å². The summed E-state index contributed by atoms with van der Waals surface area (Å²) in [6.07, 6.45) is 1.33. The number of para-hydroxylation sites is 1. The number of urea groups is 1. The molecule has 11 nitrogen and oxygen atoms in total. The predicted molar refractivity (Wildman–Crippen MR) is 150 cm³/mol. The van der Waals surface area contributed by atoms with Gasteiger partial charge in [-0.2, -0.15) is 5.10 Å². The highest BCUT2D eigenvalue weighted by atomic mass is 19.1. The molecule has 2 aliphatic rings. The van der Waals surface area contributed by atoms with Gasteiger partial charge in [-0.05, 0) is 61.0 Å². The van der Waals surface area contributed by atoms with Crippen molar-refractivity contribution in [3.8, 4) is 17.2 Å². The van der Waals surface area contributed by atoms with Gasteiger partial charge in [0.1, 0.15) is 17.4 Å². The third kappa shape index (κ3) is 4.12. The second kappa shape index (κ2) is 9.49. The molecule has 3 aromatic carbocycles. The molecule has 7 rings (SSSR count). The van der Waals surface area contributed by atoms with Crippen molar-refractivity contribution >= 4 is 40.1 Å². The van der Waals surface area contributed by atoms with Crippen molar-refractivity contribution in [2.24, 2.45) is 0 Å². The van der Waals surface area contributed by atoms with Crippen LogP contribution in [0.4, 0.5) is 25.1 Å². The van der Waals surface area contributed by atoms with Crippen LogP contribution >= 0.6 is 0 Å². The number of ether oxygens (including phenoxy) is 2. The van der Waals surface area contributed by atoms with Crippen LogP contribution in [0.2, 0.25) is 0 Å². The number of anilines is 2. The van der Waals surface area contributed by atoms with Gasteiger partial charge in [0.2, 0.25) is 5.78 Å². The number of H-pyrrole nitrogens is 1. The van der Waals surface area contributed by atoms with Crippen molar-refractivity contribution in [2.75, 3.05) is 23.8 Å². The minimum atomic E-state index is -1.18. The molecule has 1 spiro atoms. The Balaban J connectivity index is 1.16. The van der Waals surface area contributed by atoms with Crippen LogP contribution in [0.15, 0.2) is 66.9 Å². The number of nitrogens with zero attached hydrogens (tertiary/aromatic N) is 3. The lowest BCUT2D eigenvalue weighted by Crippen LogP contribution is -2.62. The van der Waals surface area contributed by atoms with Crippen molar-refractivity contribution in [3.05, 3.63) is 95.3 Å². The molecule has 3 amide bonds. The highest BCUT2D eigenvalue weighted by molar-refractivity contribution is 6.24. The van der Waals surface area contributed by atoms with Gasteiger partial charge in [-0.25, -0.2) is 23.2 Å². The number of hydrogen-bond acceptors (Lipinski definition) is 7. The zero-order valence-corrected chi connectivity index (χ0v) is 22.5. The number of nitrogens with one attached hydrogen (secondary N) is 2. The average Bonchev–Trinajstić information content (AvgIpc) is 3.62. The summed E-state index contributed by atoms with van der Waals surface area (Å²) in [5, 5.41) is 7.21. The highest BCUT2D eigenvalue weighted by Crippen LogP contribution is 2.34. The third-order valence-corrected chi connectivity index (χ3v) is 7.54. The van der Waals surface area contributed by atoms with Crippen LogP contribution in [-0.4, -0.2) is 51.2 Å². The zero-order valence-electron chi connectivity index (χ0n) is 22.5. The van der Waals surface area contributed by atoms with E-state index >= 15 is 4.39 Å². The van der Waals surface area contributed by atoms with Crippen molar-refractivity contribution in [3.63, 3.8) is 0 Å². The van der Waals surface area contributed by atoms with E-state index in [2.05, 4.69) is 15.4 Å². The Morgan fingerprint density at radius 1 is 1.05 bits per heavy atom. The molecule has 2 saturated heterocycles. The standard InChI is InChI=1S/C30H22F2N6O5/c1-15-8-17(43-25-5-3-2-4-19(25)31)6-7-23(15)38-27(33)18(12-34-38)26(39)22-10-16-9-20(32)24(11-21(16)35-22)37-28(40)30(13-42-14-30)36-29(37)41/h2-12,35H,13-14,33H2,1H3,(H,36,41). The molecule has 0 aliphatic carbocycles. The summed E-state index contributed by atoms with van der Waals surface area (Å²) in [5.41, 5.74) is 6.73. The Bertz CT molecular complexity index is 2000. The largest absolute Gasteiger partial charge is 0.454 e. The van der Waals surface area contributed by atoms with E-state index < -0.39 is 34.9 Å². The molecule has 13 heteroatoms. The van der Waals surface area contributed by atoms with Gasteiger partial charge >= 0.3 is 6.03 Å². The van der Waals surface area contributed by atoms with E-state index in [1.54, 1.807) is 37.3 Å². The molecule has 5 aromatic rings. The van der Waals surface area contributed by atoms with Crippen LogP contribution < -0.4 is 20.7 Å². The van der Waals surface area contributed by atoms with E-state index in [4.69, 9.17) is 15.2 Å². The first-order chi connectivity index (χ1) is 20.6. The molecular formula is C30H22F2N6O5. The quantitative estimate of drug-likeness (QED) is 0.199. The van der Waals surface area contributed by atoms with E-state index in [1.165, 1.54) is 35.1 Å². The Kier molecular flexibility index (Phi) is 5.82. The predicted octanol–water partition coefficient (Wildman–Crippen LogP) is 4.37. The molecule has 4 heterocycles. The lowest BCUT2D eigenvalue weighted by atomic mass is 9.98. The number of nitrogens with two attached hydrogens (primary N) is 1. The minimum Gasteiger partial charge on any atom is -0.454 e. The zero-order chi connectivity index (χ0) is 30.0. The summed E-state index contributed by atoms with van der Waals surface area (Å²) in [5.74, 6) is -1.86. The maximum absolute atomic E-state index is 15.1. The number of ketones is 1. The summed E-state index contributed by atoms with van der Waals surface area (Å²) in [6.45, 7) is 1.82. The monoisotopic (exact) mass is 584 g/mol. The van der Waals surface area contributed by atoms with Crippen LogP contribution in [0.25, 0.3) is 16.6 Å². The van der Waals surface area contributed by atoms with Crippen molar-refractivity contribution in [1.82, 2.24) is 20.1 Å². The SMILES string of the molecule is Cc1cc(Oc2ccccc2F)ccc1-n1ncc(C(=O)c2cc3cc(F)c(N4C(=O)NC5(COC5)C4=O)cc3[nH]2)c1N. The van der Waals surface area contributed by atoms with E-state index in [0.29, 0.717) is 27.9 Å². The van der Waals surface area contributed by atoms with Crippen LogP contribution in [0.1, 0.15) is 21.6 Å². The van der Waals surface area contributed by atoms with Gasteiger partial charge in [-0.3, -0.25) is 9.59 Å². The number of nitrogen functional groups attached to an aromatic ring is 1. The fourth-order valence-electron chi connectivity index (χ4n) is 5.23. The lowest BCUT2D eigenvalue weighted by Gasteiger charge is -2.34. The lowest BCUT2D eigenvalue weighted by molar-refractivity contribution is -0.139. The Hall–Kier alpha value is -5.56. The highest BCUT2D eigenvalue weighted by Gasteiger charge is 2.57. The number of aromatic nitrogens is 3. The fraction of sp³-hybridized carbons (Fsp3) is 0.133. The molecule has 2 aromatic heterocycles. The number of hydrogen-bond donors (Lipinski definition) is 3. The van der Waals surface area contributed by atoms with E-state index in [1.807, 2.05) is 0 Å². The van der Waals surface area contributed by atoms with E-state index in [-0.39, 0.29) is 41.7 Å².